The van der Waals surface area contributed by atoms with Gasteiger partial charge in [-0.1, -0.05) is 62.0 Å². The van der Waals surface area contributed by atoms with Gasteiger partial charge in [0.2, 0.25) is 0 Å². The number of para-hydroxylation sites is 1. The molecule has 0 N–H and O–H groups in total. The number of Topliss-reactive ketones (excluding diaryl/α,β-unsaturated/α-hetero) is 1. The molecule has 0 saturated heterocycles. The van der Waals surface area contributed by atoms with E-state index in [9.17, 15) is 4.79 Å². The lowest BCUT2D eigenvalue weighted by Gasteiger charge is -2.08. The highest BCUT2D eigenvalue weighted by Crippen LogP contribution is 2.30. The van der Waals surface area contributed by atoms with Crippen LogP contribution in [0, 0.1) is 0 Å². The molecule has 1 heterocycles. The molecule has 0 atom stereocenters. The first-order valence-electron chi connectivity index (χ1n) is 8.80. The minimum Gasteiger partial charge on any atom is -0.496 e. The Bertz CT molecular complexity index is 933. The third-order valence-electron chi connectivity index (χ3n) is 4.41. The lowest BCUT2D eigenvalue weighted by Crippen LogP contribution is -2.04. The lowest BCUT2D eigenvalue weighted by molar-refractivity contribution is 0.102. The molecule has 3 rings (SSSR count). The second-order valence-electron chi connectivity index (χ2n) is 6.55. The van der Waals surface area contributed by atoms with Crippen molar-refractivity contribution in [1.29, 1.82) is 0 Å². The summed E-state index contributed by atoms with van der Waals surface area (Å²) in [5, 5.41) is 9.21. The van der Waals surface area contributed by atoms with E-state index in [1.807, 2.05) is 60.1 Å². The molecule has 0 amide bonds. The summed E-state index contributed by atoms with van der Waals surface area (Å²) in [7, 11) is 3.53. The van der Waals surface area contributed by atoms with Gasteiger partial charge in [0.1, 0.15) is 5.75 Å². The molecule has 0 aliphatic rings. The molecular weight excluding hydrogens is 358 g/mol. The van der Waals surface area contributed by atoms with Gasteiger partial charge in [-0.25, -0.2) is 0 Å². The fraction of sp³-hybridized carbons (Fsp3) is 0.286. The minimum atomic E-state index is 0.0807. The molecule has 1 aromatic heterocycles. The first kappa shape index (κ1) is 19.2. The van der Waals surface area contributed by atoms with Crippen molar-refractivity contribution in [1.82, 2.24) is 14.8 Å². The zero-order valence-corrected chi connectivity index (χ0v) is 16.8. The van der Waals surface area contributed by atoms with Crippen LogP contribution in [0.5, 0.6) is 5.75 Å². The van der Waals surface area contributed by atoms with Crippen LogP contribution in [0.3, 0.4) is 0 Å². The Morgan fingerprint density at radius 3 is 2.48 bits per heavy atom. The summed E-state index contributed by atoms with van der Waals surface area (Å²) in [4.78, 5) is 12.5. The van der Waals surface area contributed by atoms with Crippen molar-refractivity contribution in [2.75, 3.05) is 12.9 Å². The van der Waals surface area contributed by atoms with E-state index in [1.54, 1.807) is 7.11 Å². The summed E-state index contributed by atoms with van der Waals surface area (Å²) in [6.45, 7) is 4.28. The first-order valence-corrected chi connectivity index (χ1v) is 9.78. The average molecular weight is 382 g/mol. The van der Waals surface area contributed by atoms with Gasteiger partial charge in [-0.15, -0.1) is 10.2 Å². The number of benzene rings is 2. The molecule has 0 bridgehead atoms. The van der Waals surface area contributed by atoms with Gasteiger partial charge in [0.15, 0.2) is 16.8 Å². The normalized spacial score (nSPS) is 11.0. The number of nitrogens with zero attached hydrogens (tertiary/aromatic N) is 3. The topological polar surface area (TPSA) is 57.0 Å². The number of rotatable bonds is 7. The average Bonchev–Trinajstić information content (AvgIpc) is 3.06. The van der Waals surface area contributed by atoms with Crippen LogP contribution in [0.2, 0.25) is 0 Å². The Labute approximate surface area is 163 Å². The SMILES string of the molecule is COc1ccccc1-c1nnc(SCC(=O)c2ccc(C(C)C)cc2)n1C. The van der Waals surface area contributed by atoms with Crippen molar-refractivity contribution in [3.8, 4) is 17.1 Å². The van der Waals surface area contributed by atoms with Crippen molar-refractivity contribution in [2.24, 2.45) is 7.05 Å². The highest BCUT2D eigenvalue weighted by Gasteiger charge is 2.16. The molecule has 0 spiro atoms. The van der Waals surface area contributed by atoms with Gasteiger partial charge in [0.05, 0.1) is 18.4 Å². The number of methoxy groups -OCH3 is 1. The molecule has 0 fully saturated rings. The maximum Gasteiger partial charge on any atom is 0.191 e. The fourth-order valence-corrected chi connectivity index (χ4v) is 3.58. The number of hydrogen-bond acceptors (Lipinski definition) is 5. The van der Waals surface area contributed by atoms with E-state index in [0.717, 1.165) is 16.9 Å². The summed E-state index contributed by atoms with van der Waals surface area (Å²) in [5.74, 6) is 2.31. The molecule has 5 nitrogen and oxygen atoms in total. The van der Waals surface area contributed by atoms with Crippen LogP contribution < -0.4 is 4.74 Å². The predicted octanol–water partition coefficient (Wildman–Crippen LogP) is 4.59. The fourth-order valence-electron chi connectivity index (χ4n) is 2.77. The van der Waals surface area contributed by atoms with Gasteiger partial charge < -0.3 is 9.30 Å². The number of carbonyl (C=O) groups excluding carboxylic acids is 1. The van der Waals surface area contributed by atoms with Crippen molar-refractivity contribution in [2.45, 2.75) is 24.9 Å². The zero-order valence-electron chi connectivity index (χ0n) is 16.0. The van der Waals surface area contributed by atoms with Crippen LogP contribution >= 0.6 is 11.8 Å². The van der Waals surface area contributed by atoms with E-state index in [0.29, 0.717) is 22.7 Å². The molecule has 2 aromatic carbocycles. The molecule has 27 heavy (non-hydrogen) atoms. The molecule has 0 saturated carbocycles. The second kappa shape index (κ2) is 8.39. The molecule has 0 unspecified atom stereocenters. The standard InChI is InChI=1S/C21H23N3O2S/c1-14(2)15-9-11-16(12-10-15)18(25)13-27-21-23-22-20(24(21)3)17-7-5-6-8-19(17)26-4/h5-12,14H,13H2,1-4H3. The Balaban J connectivity index is 1.72. The van der Waals surface area contributed by atoms with Crippen molar-refractivity contribution in [3.05, 3.63) is 59.7 Å². The molecule has 140 valence electrons. The van der Waals surface area contributed by atoms with E-state index < -0.39 is 0 Å². The highest BCUT2D eigenvalue weighted by molar-refractivity contribution is 7.99. The van der Waals surface area contributed by atoms with Gasteiger partial charge in [0.25, 0.3) is 0 Å². The third-order valence-corrected chi connectivity index (χ3v) is 5.43. The van der Waals surface area contributed by atoms with Crippen LogP contribution in [-0.2, 0) is 7.05 Å². The molecule has 0 aliphatic carbocycles. The van der Waals surface area contributed by atoms with E-state index >= 15 is 0 Å². The largest absolute Gasteiger partial charge is 0.496 e. The zero-order chi connectivity index (χ0) is 19.4. The van der Waals surface area contributed by atoms with Crippen molar-refractivity contribution >= 4 is 17.5 Å². The molecule has 6 heteroatoms. The van der Waals surface area contributed by atoms with Crippen molar-refractivity contribution < 1.29 is 9.53 Å². The van der Waals surface area contributed by atoms with Crippen LogP contribution in [-0.4, -0.2) is 33.4 Å². The van der Waals surface area contributed by atoms with Gasteiger partial charge in [-0.2, -0.15) is 0 Å². The quantitative estimate of drug-likeness (QED) is 0.443. The van der Waals surface area contributed by atoms with E-state index in [1.165, 1.54) is 17.3 Å². The summed E-state index contributed by atoms with van der Waals surface area (Å²) >= 11 is 1.39. The predicted molar refractivity (Wildman–Crippen MR) is 109 cm³/mol. The Hall–Kier alpha value is -2.60. The minimum absolute atomic E-state index is 0.0807. The Morgan fingerprint density at radius 1 is 1.11 bits per heavy atom. The summed E-state index contributed by atoms with van der Waals surface area (Å²) in [5.41, 5.74) is 2.82. The first-order chi connectivity index (χ1) is 13.0. The molecule has 0 radical (unpaired) electrons. The number of thioether (sulfide) groups is 1. The van der Waals surface area contributed by atoms with Crippen LogP contribution in [0.1, 0.15) is 35.7 Å². The van der Waals surface area contributed by atoms with Crippen LogP contribution in [0.25, 0.3) is 11.4 Å². The van der Waals surface area contributed by atoms with Crippen LogP contribution in [0.4, 0.5) is 0 Å². The van der Waals surface area contributed by atoms with E-state index in [4.69, 9.17) is 4.74 Å². The van der Waals surface area contributed by atoms with E-state index in [-0.39, 0.29) is 5.78 Å². The number of hydrogen-bond donors (Lipinski definition) is 0. The Kier molecular flexibility index (Phi) is 5.96. The number of ether oxygens (including phenoxy) is 1. The summed E-state index contributed by atoms with van der Waals surface area (Å²) in [6.07, 6.45) is 0. The summed E-state index contributed by atoms with van der Waals surface area (Å²) in [6, 6.07) is 15.5. The van der Waals surface area contributed by atoms with Gasteiger partial charge in [-0.05, 0) is 23.6 Å². The Morgan fingerprint density at radius 2 is 1.81 bits per heavy atom. The van der Waals surface area contributed by atoms with Gasteiger partial charge >= 0.3 is 0 Å². The number of carbonyl (C=O) groups is 1. The molecule has 0 aliphatic heterocycles. The lowest BCUT2D eigenvalue weighted by atomic mass is 10.0. The van der Waals surface area contributed by atoms with Crippen LogP contribution in [0.15, 0.2) is 53.7 Å². The molecular formula is C21H23N3O2S. The van der Waals surface area contributed by atoms with Gasteiger partial charge in [-0.3, -0.25) is 4.79 Å². The second-order valence-corrected chi connectivity index (χ2v) is 7.50. The number of aromatic nitrogens is 3. The maximum atomic E-state index is 12.5. The maximum absolute atomic E-state index is 12.5. The summed E-state index contributed by atoms with van der Waals surface area (Å²) < 4.78 is 7.29. The highest BCUT2D eigenvalue weighted by atomic mass is 32.2. The number of ketones is 1. The smallest absolute Gasteiger partial charge is 0.191 e. The third kappa shape index (κ3) is 4.22. The van der Waals surface area contributed by atoms with Gasteiger partial charge in [0, 0.05) is 12.6 Å². The molecule has 3 aromatic rings. The monoisotopic (exact) mass is 381 g/mol. The van der Waals surface area contributed by atoms with Crippen molar-refractivity contribution in [3.63, 3.8) is 0 Å². The van der Waals surface area contributed by atoms with E-state index in [2.05, 4.69) is 24.0 Å².